The molecule has 0 saturated carbocycles. The normalized spacial score (nSPS) is 13.0. The summed E-state index contributed by atoms with van der Waals surface area (Å²) in [4.78, 5) is 24.4. The van der Waals surface area contributed by atoms with E-state index in [9.17, 15) is 9.59 Å². The largest absolute Gasteiger partial charge is 0.350 e. The molecule has 126 valence electrons. The Morgan fingerprint density at radius 2 is 1.33 bits per heavy atom. The monoisotopic (exact) mass is 324 g/mol. The third kappa shape index (κ3) is 4.69. The van der Waals surface area contributed by atoms with E-state index in [2.05, 4.69) is 10.6 Å². The van der Waals surface area contributed by atoms with Crippen LogP contribution in [0.5, 0.6) is 0 Å². The van der Waals surface area contributed by atoms with Gasteiger partial charge < -0.3 is 10.6 Å². The van der Waals surface area contributed by atoms with Crippen molar-refractivity contribution >= 4 is 11.8 Å². The van der Waals surface area contributed by atoms with Crippen molar-refractivity contribution in [3.05, 3.63) is 71.3 Å². The predicted octanol–water partition coefficient (Wildman–Crippen LogP) is 3.71. The first-order chi connectivity index (χ1) is 11.5. The molecule has 2 N–H and O–H groups in total. The van der Waals surface area contributed by atoms with Gasteiger partial charge in [-0.25, -0.2) is 0 Å². The molecule has 0 bridgehead atoms. The number of benzene rings is 2. The molecule has 4 nitrogen and oxygen atoms in total. The lowest BCUT2D eigenvalue weighted by Crippen LogP contribution is -2.32. The molecule has 4 heteroatoms. The van der Waals surface area contributed by atoms with E-state index in [1.807, 2.05) is 51.1 Å². The molecule has 0 heterocycles. The van der Waals surface area contributed by atoms with Crippen LogP contribution in [0.15, 0.2) is 54.6 Å². The molecule has 2 amide bonds. The Bertz CT molecular complexity index is 681. The predicted molar refractivity (Wildman–Crippen MR) is 96.0 cm³/mol. The first kappa shape index (κ1) is 17.7. The summed E-state index contributed by atoms with van der Waals surface area (Å²) in [7, 11) is 0. The Labute approximate surface area is 143 Å². The lowest BCUT2D eigenvalue weighted by atomic mass is 10.1. The standard InChI is InChI=1S/C20H24N2O2/c1-4-14(2)21-19(23)17-10-12-18(13-11-17)20(24)22-15(3)16-8-6-5-7-9-16/h5-15H,4H2,1-3H3,(H,21,23)(H,22,24). The third-order valence-corrected chi connectivity index (χ3v) is 4.05. The van der Waals surface area contributed by atoms with Gasteiger partial charge in [0.2, 0.25) is 0 Å². The molecule has 2 atom stereocenters. The van der Waals surface area contributed by atoms with Crippen LogP contribution in [0.1, 0.15) is 59.5 Å². The SMILES string of the molecule is CCC(C)NC(=O)c1ccc(C(=O)NC(C)c2ccccc2)cc1. The molecular formula is C20H24N2O2. The van der Waals surface area contributed by atoms with Gasteiger partial charge in [0.25, 0.3) is 11.8 Å². The highest BCUT2D eigenvalue weighted by Crippen LogP contribution is 2.13. The van der Waals surface area contributed by atoms with Crippen molar-refractivity contribution in [2.45, 2.75) is 39.3 Å². The minimum atomic E-state index is -0.153. The van der Waals surface area contributed by atoms with Gasteiger partial charge in [-0.15, -0.1) is 0 Å². The maximum Gasteiger partial charge on any atom is 0.251 e. The summed E-state index contributed by atoms with van der Waals surface area (Å²) in [6.45, 7) is 5.93. The summed E-state index contributed by atoms with van der Waals surface area (Å²) in [5.74, 6) is -0.269. The Morgan fingerprint density at radius 3 is 1.83 bits per heavy atom. The summed E-state index contributed by atoms with van der Waals surface area (Å²) >= 11 is 0. The van der Waals surface area contributed by atoms with Crippen LogP contribution in [-0.2, 0) is 0 Å². The third-order valence-electron chi connectivity index (χ3n) is 4.05. The first-order valence-electron chi connectivity index (χ1n) is 8.28. The molecule has 2 aromatic rings. The van der Waals surface area contributed by atoms with Gasteiger partial charge in [0, 0.05) is 17.2 Å². The smallest absolute Gasteiger partial charge is 0.251 e. The van der Waals surface area contributed by atoms with Gasteiger partial charge in [-0.1, -0.05) is 37.3 Å². The number of carbonyl (C=O) groups excluding carboxylic acids is 2. The van der Waals surface area contributed by atoms with E-state index in [0.717, 1.165) is 12.0 Å². The van der Waals surface area contributed by atoms with Gasteiger partial charge in [0.1, 0.15) is 0 Å². The second kappa shape index (κ2) is 8.29. The highest BCUT2D eigenvalue weighted by atomic mass is 16.2. The van der Waals surface area contributed by atoms with Crippen molar-refractivity contribution in [1.29, 1.82) is 0 Å². The van der Waals surface area contributed by atoms with Crippen LogP contribution in [0.2, 0.25) is 0 Å². The van der Waals surface area contributed by atoms with E-state index >= 15 is 0 Å². The van der Waals surface area contributed by atoms with Crippen molar-refractivity contribution in [3.63, 3.8) is 0 Å². The van der Waals surface area contributed by atoms with Crippen molar-refractivity contribution in [2.75, 3.05) is 0 Å². The van der Waals surface area contributed by atoms with Crippen LogP contribution in [0.4, 0.5) is 0 Å². The average molecular weight is 324 g/mol. The number of carbonyl (C=O) groups is 2. The highest BCUT2D eigenvalue weighted by Gasteiger charge is 2.13. The summed E-state index contributed by atoms with van der Waals surface area (Å²) in [6.07, 6.45) is 0.879. The summed E-state index contributed by atoms with van der Waals surface area (Å²) in [5.41, 5.74) is 2.15. The Morgan fingerprint density at radius 1 is 0.833 bits per heavy atom. The molecule has 2 rings (SSSR count). The Balaban J connectivity index is 1.99. The number of amides is 2. The minimum absolute atomic E-state index is 0.0768. The molecule has 0 aliphatic rings. The Hall–Kier alpha value is -2.62. The summed E-state index contributed by atoms with van der Waals surface area (Å²) in [6, 6.07) is 16.6. The molecule has 0 aliphatic carbocycles. The second-order valence-corrected chi connectivity index (χ2v) is 5.97. The topological polar surface area (TPSA) is 58.2 Å². The van der Waals surface area contributed by atoms with Gasteiger partial charge in [-0.05, 0) is 50.1 Å². The molecule has 0 spiro atoms. The van der Waals surface area contributed by atoms with Crippen LogP contribution in [0, 0.1) is 0 Å². The maximum absolute atomic E-state index is 12.3. The summed E-state index contributed by atoms with van der Waals surface area (Å²) in [5, 5.41) is 5.87. The first-order valence-corrected chi connectivity index (χ1v) is 8.28. The lowest BCUT2D eigenvalue weighted by Gasteiger charge is -2.15. The minimum Gasteiger partial charge on any atom is -0.350 e. The van der Waals surface area contributed by atoms with Crippen molar-refractivity contribution < 1.29 is 9.59 Å². The van der Waals surface area contributed by atoms with Crippen LogP contribution in [0.3, 0.4) is 0 Å². The van der Waals surface area contributed by atoms with Gasteiger partial charge in [0.05, 0.1) is 6.04 Å². The lowest BCUT2D eigenvalue weighted by molar-refractivity contribution is 0.0927. The molecule has 2 aromatic carbocycles. The quantitative estimate of drug-likeness (QED) is 0.851. The number of hydrogen-bond donors (Lipinski definition) is 2. The second-order valence-electron chi connectivity index (χ2n) is 5.97. The molecule has 24 heavy (non-hydrogen) atoms. The van der Waals surface area contributed by atoms with E-state index < -0.39 is 0 Å². The van der Waals surface area contributed by atoms with Crippen molar-refractivity contribution in [1.82, 2.24) is 10.6 Å². The van der Waals surface area contributed by atoms with E-state index in [4.69, 9.17) is 0 Å². The fourth-order valence-corrected chi connectivity index (χ4v) is 2.29. The number of nitrogens with one attached hydrogen (secondary N) is 2. The zero-order valence-corrected chi connectivity index (χ0v) is 14.4. The zero-order valence-electron chi connectivity index (χ0n) is 14.4. The van der Waals surface area contributed by atoms with Crippen molar-refractivity contribution in [3.8, 4) is 0 Å². The summed E-state index contributed by atoms with van der Waals surface area (Å²) < 4.78 is 0. The van der Waals surface area contributed by atoms with Crippen LogP contribution < -0.4 is 10.6 Å². The van der Waals surface area contributed by atoms with Crippen molar-refractivity contribution in [2.24, 2.45) is 0 Å². The van der Waals surface area contributed by atoms with E-state index in [-0.39, 0.29) is 23.9 Å². The fraction of sp³-hybridized carbons (Fsp3) is 0.300. The van der Waals surface area contributed by atoms with E-state index in [1.54, 1.807) is 24.3 Å². The van der Waals surface area contributed by atoms with Gasteiger partial charge in [-0.3, -0.25) is 9.59 Å². The zero-order chi connectivity index (χ0) is 17.5. The molecule has 2 unspecified atom stereocenters. The van der Waals surface area contributed by atoms with Crippen LogP contribution in [0.25, 0.3) is 0 Å². The van der Waals surface area contributed by atoms with E-state index in [1.165, 1.54) is 0 Å². The highest BCUT2D eigenvalue weighted by molar-refractivity contribution is 5.98. The maximum atomic E-state index is 12.3. The molecule has 0 fully saturated rings. The van der Waals surface area contributed by atoms with Gasteiger partial charge in [0.15, 0.2) is 0 Å². The van der Waals surface area contributed by atoms with Crippen LogP contribution in [-0.4, -0.2) is 17.9 Å². The molecule has 0 aromatic heterocycles. The molecule has 0 radical (unpaired) electrons. The number of rotatable bonds is 6. The van der Waals surface area contributed by atoms with Gasteiger partial charge >= 0.3 is 0 Å². The molecule has 0 aliphatic heterocycles. The molecular weight excluding hydrogens is 300 g/mol. The fourth-order valence-electron chi connectivity index (χ4n) is 2.29. The molecule has 0 saturated heterocycles. The average Bonchev–Trinajstić information content (AvgIpc) is 2.62. The Kier molecular flexibility index (Phi) is 6.13. The number of hydrogen-bond acceptors (Lipinski definition) is 2. The van der Waals surface area contributed by atoms with Gasteiger partial charge in [-0.2, -0.15) is 0 Å². The van der Waals surface area contributed by atoms with Crippen LogP contribution >= 0.6 is 0 Å². The van der Waals surface area contributed by atoms with E-state index in [0.29, 0.717) is 11.1 Å².